The third-order valence-electron chi connectivity index (χ3n) is 4.44. The summed E-state index contributed by atoms with van der Waals surface area (Å²) in [4.78, 5) is 24.9. The minimum Gasteiger partial charge on any atom is -0.462 e. The van der Waals surface area contributed by atoms with Crippen LogP contribution in [-0.4, -0.2) is 43.3 Å². The highest BCUT2D eigenvalue weighted by molar-refractivity contribution is 5.95. The van der Waals surface area contributed by atoms with E-state index in [0.29, 0.717) is 25.3 Å². The molecule has 1 aromatic heterocycles. The second kappa shape index (κ2) is 9.92. The number of amides is 1. The van der Waals surface area contributed by atoms with Gasteiger partial charge in [0.2, 0.25) is 5.91 Å². The summed E-state index contributed by atoms with van der Waals surface area (Å²) in [6, 6.07) is 9.77. The van der Waals surface area contributed by atoms with Crippen LogP contribution in [0.15, 0.2) is 30.3 Å². The lowest BCUT2D eigenvalue weighted by atomic mass is 10.1. The Morgan fingerprint density at radius 1 is 1.15 bits per heavy atom. The molecule has 27 heavy (non-hydrogen) atoms. The van der Waals surface area contributed by atoms with E-state index in [1.165, 1.54) is 0 Å². The molecule has 1 N–H and O–H groups in total. The Hall–Kier alpha value is -2.60. The van der Waals surface area contributed by atoms with Crippen LogP contribution in [0.4, 0.5) is 0 Å². The predicted octanol–water partition coefficient (Wildman–Crippen LogP) is 3.10. The van der Waals surface area contributed by atoms with Gasteiger partial charge in [-0.1, -0.05) is 30.3 Å². The summed E-state index contributed by atoms with van der Waals surface area (Å²) in [5.41, 5.74) is 3.91. The SMILES string of the molecule is CCOC(=O)c1c(C)c(-c2ccccc2)n(CC(=O)NCCCOC)c1C. The van der Waals surface area contributed by atoms with Gasteiger partial charge in [-0.3, -0.25) is 4.79 Å². The topological polar surface area (TPSA) is 69.6 Å². The van der Waals surface area contributed by atoms with Crippen LogP contribution < -0.4 is 5.32 Å². The standard InChI is InChI=1S/C21H28N2O4/c1-5-27-21(25)19-15(2)20(17-10-7-6-8-11-17)23(16(19)3)14-18(24)22-12-9-13-26-4/h6-8,10-11H,5,9,12-14H2,1-4H3,(H,22,24). The van der Waals surface area contributed by atoms with Gasteiger partial charge in [0.25, 0.3) is 0 Å². The molecule has 2 aromatic rings. The zero-order valence-corrected chi connectivity index (χ0v) is 16.5. The zero-order chi connectivity index (χ0) is 19.8. The summed E-state index contributed by atoms with van der Waals surface area (Å²) >= 11 is 0. The van der Waals surface area contributed by atoms with E-state index < -0.39 is 0 Å². The van der Waals surface area contributed by atoms with Crippen molar-refractivity contribution in [2.75, 3.05) is 26.9 Å². The number of rotatable bonds is 9. The first-order valence-electron chi connectivity index (χ1n) is 9.19. The molecule has 0 spiro atoms. The van der Waals surface area contributed by atoms with Crippen molar-refractivity contribution < 1.29 is 19.1 Å². The van der Waals surface area contributed by atoms with Crippen molar-refractivity contribution in [3.05, 3.63) is 47.2 Å². The average Bonchev–Trinajstić information content (AvgIpc) is 2.89. The number of benzene rings is 1. The van der Waals surface area contributed by atoms with Crippen LogP contribution in [0.5, 0.6) is 0 Å². The highest BCUT2D eigenvalue weighted by Gasteiger charge is 2.25. The van der Waals surface area contributed by atoms with E-state index in [2.05, 4.69) is 5.32 Å². The van der Waals surface area contributed by atoms with Gasteiger partial charge in [-0.05, 0) is 38.3 Å². The molecule has 6 nitrogen and oxygen atoms in total. The van der Waals surface area contributed by atoms with Crippen molar-refractivity contribution in [1.29, 1.82) is 0 Å². The van der Waals surface area contributed by atoms with Gasteiger partial charge < -0.3 is 19.4 Å². The fourth-order valence-electron chi connectivity index (χ4n) is 3.21. The largest absolute Gasteiger partial charge is 0.462 e. The van der Waals surface area contributed by atoms with Crippen LogP contribution in [0.2, 0.25) is 0 Å². The number of aromatic nitrogens is 1. The lowest BCUT2D eigenvalue weighted by molar-refractivity contribution is -0.121. The summed E-state index contributed by atoms with van der Waals surface area (Å²) < 4.78 is 12.1. The van der Waals surface area contributed by atoms with Crippen molar-refractivity contribution in [3.8, 4) is 11.3 Å². The molecular formula is C21H28N2O4. The molecule has 0 saturated carbocycles. The quantitative estimate of drug-likeness (QED) is 0.542. The Balaban J connectivity index is 2.38. The first kappa shape index (κ1) is 20.7. The molecule has 1 amide bonds. The lowest BCUT2D eigenvalue weighted by Crippen LogP contribution is -2.29. The molecule has 0 bridgehead atoms. The lowest BCUT2D eigenvalue weighted by Gasteiger charge is -2.13. The number of methoxy groups -OCH3 is 1. The molecule has 1 aromatic carbocycles. The minimum atomic E-state index is -0.357. The first-order chi connectivity index (χ1) is 13.0. The number of ether oxygens (including phenoxy) is 2. The molecule has 0 atom stereocenters. The molecule has 2 rings (SSSR count). The Morgan fingerprint density at radius 2 is 1.85 bits per heavy atom. The third kappa shape index (κ3) is 4.98. The van der Waals surface area contributed by atoms with Crippen molar-refractivity contribution in [2.45, 2.75) is 33.7 Å². The maximum atomic E-state index is 12.5. The van der Waals surface area contributed by atoms with Gasteiger partial charge >= 0.3 is 5.97 Å². The fraction of sp³-hybridized carbons (Fsp3) is 0.429. The van der Waals surface area contributed by atoms with Crippen LogP contribution >= 0.6 is 0 Å². The summed E-state index contributed by atoms with van der Waals surface area (Å²) in [7, 11) is 1.64. The van der Waals surface area contributed by atoms with Crippen LogP contribution in [0, 0.1) is 13.8 Å². The van der Waals surface area contributed by atoms with Gasteiger partial charge in [-0.2, -0.15) is 0 Å². The number of hydrogen-bond donors (Lipinski definition) is 1. The first-order valence-corrected chi connectivity index (χ1v) is 9.19. The van der Waals surface area contributed by atoms with E-state index in [0.717, 1.165) is 28.9 Å². The maximum Gasteiger partial charge on any atom is 0.340 e. The van der Waals surface area contributed by atoms with E-state index in [4.69, 9.17) is 9.47 Å². The zero-order valence-electron chi connectivity index (χ0n) is 16.5. The fourth-order valence-corrected chi connectivity index (χ4v) is 3.21. The average molecular weight is 372 g/mol. The summed E-state index contributed by atoms with van der Waals surface area (Å²) in [5.74, 6) is -0.458. The normalized spacial score (nSPS) is 10.7. The Labute approximate surface area is 160 Å². The van der Waals surface area contributed by atoms with Gasteiger partial charge in [0, 0.05) is 26.0 Å². The predicted molar refractivity (Wildman–Crippen MR) is 105 cm³/mol. The molecule has 0 aliphatic carbocycles. The summed E-state index contributed by atoms with van der Waals surface area (Å²) in [5, 5.41) is 2.90. The smallest absolute Gasteiger partial charge is 0.340 e. The second-order valence-corrected chi connectivity index (χ2v) is 6.30. The number of nitrogens with one attached hydrogen (secondary N) is 1. The monoisotopic (exact) mass is 372 g/mol. The second-order valence-electron chi connectivity index (χ2n) is 6.30. The van der Waals surface area contributed by atoms with Gasteiger partial charge in [-0.25, -0.2) is 4.79 Å². The number of hydrogen-bond acceptors (Lipinski definition) is 4. The summed E-state index contributed by atoms with van der Waals surface area (Å²) in [6.45, 7) is 7.14. The van der Waals surface area contributed by atoms with Crippen molar-refractivity contribution >= 4 is 11.9 Å². The van der Waals surface area contributed by atoms with Crippen LogP contribution in [0.25, 0.3) is 11.3 Å². The van der Waals surface area contributed by atoms with E-state index in [1.54, 1.807) is 14.0 Å². The molecule has 1 heterocycles. The van der Waals surface area contributed by atoms with Crippen LogP contribution in [-0.2, 0) is 20.8 Å². The highest BCUT2D eigenvalue weighted by atomic mass is 16.5. The van der Waals surface area contributed by atoms with Crippen molar-refractivity contribution in [1.82, 2.24) is 9.88 Å². The molecule has 0 radical (unpaired) electrons. The minimum absolute atomic E-state index is 0.100. The van der Waals surface area contributed by atoms with Gasteiger partial charge in [0.1, 0.15) is 6.54 Å². The number of carbonyl (C=O) groups excluding carboxylic acids is 2. The number of carbonyl (C=O) groups is 2. The molecule has 0 saturated heterocycles. The molecule has 146 valence electrons. The number of esters is 1. The number of nitrogens with zero attached hydrogens (tertiary/aromatic N) is 1. The summed E-state index contributed by atoms with van der Waals surface area (Å²) in [6.07, 6.45) is 0.756. The molecule has 6 heteroatoms. The van der Waals surface area contributed by atoms with Crippen molar-refractivity contribution in [2.24, 2.45) is 0 Å². The molecule has 0 fully saturated rings. The van der Waals surface area contributed by atoms with Crippen LogP contribution in [0.3, 0.4) is 0 Å². The molecule has 0 aliphatic heterocycles. The van der Waals surface area contributed by atoms with Gasteiger partial charge in [-0.15, -0.1) is 0 Å². The molecule has 0 aliphatic rings. The van der Waals surface area contributed by atoms with E-state index in [1.807, 2.05) is 48.7 Å². The maximum absolute atomic E-state index is 12.5. The van der Waals surface area contributed by atoms with E-state index >= 15 is 0 Å². The third-order valence-corrected chi connectivity index (χ3v) is 4.44. The highest BCUT2D eigenvalue weighted by Crippen LogP contribution is 2.31. The van der Waals surface area contributed by atoms with E-state index in [-0.39, 0.29) is 18.4 Å². The molecular weight excluding hydrogens is 344 g/mol. The van der Waals surface area contributed by atoms with Gasteiger partial charge in [0.15, 0.2) is 0 Å². The van der Waals surface area contributed by atoms with Crippen LogP contribution in [0.1, 0.15) is 35.0 Å². The Kier molecular flexibility index (Phi) is 7.61. The van der Waals surface area contributed by atoms with Gasteiger partial charge in [0.05, 0.1) is 17.9 Å². The van der Waals surface area contributed by atoms with E-state index in [9.17, 15) is 9.59 Å². The van der Waals surface area contributed by atoms with Crippen molar-refractivity contribution in [3.63, 3.8) is 0 Å². The Bertz CT molecular complexity index is 781. The Morgan fingerprint density at radius 3 is 2.48 bits per heavy atom. The molecule has 0 unspecified atom stereocenters.